The van der Waals surface area contributed by atoms with Crippen LogP contribution in [0.5, 0.6) is 0 Å². The summed E-state index contributed by atoms with van der Waals surface area (Å²) in [4.78, 5) is 21.9. The lowest BCUT2D eigenvalue weighted by Crippen LogP contribution is -1.99. The number of aromatic nitrogens is 4. The molecule has 0 amide bonds. The van der Waals surface area contributed by atoms with Gasteiger partial charge in [0.05, 0.1) is 18.8 Å². The van der Waals surface area contributed by atoms with Gasteiger partial charge >= 0.3 is 5.97 Å². The number of ether oxygens (including phenoxy) is 1. The molecule has 8 heteroatoms. The topological polar surface area (TPSA) is 82.5 Å². The number of esters is 1. The van der Waals surface area contributed by atoms with Gasteiger partial charge < -0.3 is 9.15 Å². The normalized spacial score (nSPS) is 11.4. The summed E-state index contributed by atoms with van der Waals surface area (Å²) in [6.07, 6.45) is 3.15. The third-order valence-electron chi connectivity index (χ3n) is 3.38. The molecule has 110 valence electrons. The molecular formula is C14H10N4O3S. The molecule has 0 atom stereocenters. The van der Waals surface area contributed by atoms with Gasteiger partial charge in [0, 0.05) is 0 Å². The van der Waals surface area contributed by atoms with E-state index in [9.17, 15) is 4.79 Å². The van der Waals surface area contributed by atoms with Crippen molar-refractivity contribution in [3.8, 4) is 11.6 Å². The van der Waals surface area contributed by atoms with E-state index in [1.165, 1.54) is 18.4 Å². The minimum atomic E-state index is -0.371. The van der Waals surface area contributed by atoms with E-state index in [4.69, 9.17) is 9.15 Å². The monoisotopic (exact) mass is 314 g/mol. The van der Waals surface area contributed by atoms with Crippen molar-refractivity contribution in [2.45, 2.75) is 6.92 Å². The van der Waals surface area contributed by atoms with Crippen LogP contribution in [0.15, 0.2) is 29.1 Å². The molecule has 0 unspecified atom stereocenters. The van der Waals surface area contributed by atoms with Gasteiger partial charge in [0.25, 0.3) is 0 Å². The molecule has 22 heavy (non-hydrogen) atoms. The van der Waals surface area contributed by atoms with Crippen LogP contribution in [-0.4, -0.2) is 32.7 Å². The predicted octanol–water partition coefficient (Wildman–Crippen LogP) is 2.69. The lowest BCUT2D eigenvalue weighted by Gasteiger charge is -1.96. The summed E-state index contributed by atoms with van der Waals surface area (Å²) in [5, 5.41) is 5.16. The maximum absolute atomic E-state index is 11.8. The maximum atomic E-state index is 11.8. The van der Waals surface area contributed by atoms with Crippen LogP contribution >= 0.6 is 11.3 Å². The third kappa shape index (κ3) is 1.74. The molecule has 4 rings (SSSR count). The highest BCUT2D eigenvalue weighted by Gasteiger charge is 2.21. The second-order valence-electron chi connectivity index (χ2n) is 4.65. The SMILES string of the molecule is COC(=O)c1sc2ncn3nc(-c4ccco4)nc3c2c1C. The smallest absolute Gasteiger partial charge is 0.348 e. The Labute approximate surface area is 128 Å². The van der Waals surface area contributed by atoms with Gasteiger partial charge in [-0.05, 0) is 24.6 Å². The van der Waals surface area contributed by atoms with Crippen LogP contribution in [-0.2, 0) is 4.74 Å². The number of carbonyl (C=O) groups excluding carboxylic acids is 1. The molecule has 0 bridgehead atoms. The Kier molecular flexibility index (Phi) is 2.73. The largest absolute Gasteiger partial charge is 0.465 e. The van der Waals surface area contributed by atoms with Crippen LogP contribution in [0, 0.1) is 6.92 Å². The summed E-state index contributed by atoms with van der Waals surface area (Å²) in [7, 11) is 1.36. The van der Waals surface area contributed by atoms with Gasteiger partial charge in [0.1, 0.15) is 16.0 Å². The van der Waals surface area contributed by atoms with E-state index in [1.54, 1.807) is 29.2 Å². The van der Waals surface area contributed by atoms with Gasteiger partial charge in [-0.25, -0.2) is 19.3 Å². The van der Waals surface area contributed by atoms with Crippen molar-refractivity contribution in [3.63, 3.8) is 0 Å². The van der Waals surface area contributed by atoms with Crippen LogP contribution in [0.3, 0.4) is 0 Å². The van der Waals surface area contributed by atoms with Gasteiger partial charge in [-0.2, -0.15) is 0 Å². The van der Waals surface area contributed by atoms with Crippen molar-refractivity contribution in [3.05, 3.63) is 35.2 Å². The summed E-state index contributed by atoms with van der Waals surface area (Å²) >= 11 is 1.29. The second-order valence-corrected chi connectivity index (χ2v) is 5.65. The first kappa shape index (κ1) is 13.0. The van der Waals surface area contributed by atoms with Crippen molar-refractivity contribution in [2.24, 2.45) is 0 Å². The van der Waals surface area contributed by atoms with Gasteiger partial charge in [-0.3, -0.25) is 0 Å². The molecule has 0 spiro atoms. The van der Waals surface area contributed by atoms with Crippen molar-refractivity contribution in [1.29, 1.82) is 0 Å². The highest BCUT2D eigenvalue weighted by atomic mass is 32.1. The summed E-state index contributed by atoms with van der Waals surface area (Å²) in [5.41, 5.74) is 1.43. The van der Waals surface area contributed by atoms with Crippen molar-refractivity contribution >= 4 is 33.2 Å². The van der Waals surface area contributed by atoms with E-state index >= 15 is 0 Å². The standard InChI is InChI=1S/C14H10N4O3S/c1-7-9-12-16-11(8-4-3-5-21-8)17-18(12)6-15-13(9)22-10(7)14(19)20-2/h3-6H,1-2H3. The van der Waals surface area contributed by atoms with Crippen LogP contribution in [0.1, 0.15) is 15.2 Å². The van der Waals surface area contributed by atoms with E-state index in [1.807, 2.05) is 6.92 Å². The molecule has 0 radical (unpaired) electrons. The van der Waals surface area contributed by atoms with Crippen molar-refractivity contribution < 1.29 is 13.9 Å². The first-order valence-electron chi connectivity index (χ1n) is 6.45. The van der Waals surface area contributed by atoms with E-state index in [0.717, 1.165) is 15.8 Å². The number of aryl methyl sites for hydroxylation is 1. The molecule has 0 aliphatic heterocycles. The van der Waals surface area contributed by atoms with Gasteiger partial charge in [0.2, 0.25) is 5.82 Å². The zero-order chi connectivity index (χ0) is 15.3. The van der Waals surface area contributed by atoms with Crippen LogP contribution in [0.4, 0.5) is 0 Å². The Hall–Kier alpha value is -2.74. The van der Waals surface area contributed by atoms with Crippen LogP contribution in [0.25, 0.3) is 27.4 Å². The van der Waals surface area contributed by atoms with Gasteiger partial charge in [-0.15, -0.1) is 16.4 Å². The molecule has 0 saturated heterocycles. The predicted molar refractivity (Wildman–Crippen MR) is 79.9 cm³/mol. The highest BCUT2D eigenvalue weighted by Crippen LogP contribution is 2.32. The average molecular weight is 314 g/mol. The summed E-state index contributed by atoms with van der Waals surface area (Å²) in [6, 6.07) is 3.57. The molecule has 4 aromatic rings. The first-order valence-corrected chi connectivity index (χ1v) is 7.27. The first-order chi connectivity index (χ1) is 10.7. The fraction of sp³-hybridized carbons (Fsp3) is 0.143. The molecule has 0 N–H and O–H groups in total. The number of furan rings is 1. The lowest BCUT2D eigenvalue weighted by molar-refractivity contribution is 0.0605. The van der Waals surface area contributed by atoms with Crippen molar-refractivity contribution in [1.82, 2.24) is 19.6 Å². The zero-order valence-corrected chi connectivity index (χ0v) is 12.5. The minimum Gasteiger partial charge on any atom is -0.465 e. The van der Waals surface area contributed by atoms with E-state index < -0.39 is 0 Å². The lowest BCUT2D eigenvalue weighted by atomic mass is 10.2. The summed E-state index contributed by atoms with van der Waals surface area (Å²) in [6.45, 7) is 1.86. The number of nitrogens with zero attached hydrogens (tertiary/aromatic N) is 4. The number of carbonyl (C=O) groups is 1. The number of hydrogen-bond donors (Lipinski definition) is 0. The number of thiophene rings is 1. The fourth-order valence-electron chi connectivity index (χ4n) is 2.33. The van der Waals surface area contributed by atoms with Crippen LogP contribution < -0.4 is 0 Å². The molecule has 0 aliphatic rings. The summed E-state index contributed by atoms with van der Waals surface area (Å²) in [5.74, 6) is 0.687. The maximum Gasteiger partial charge on any atom is 0.348 e. The van der Waals surface area contributed by atoms with E-state index in [0.29, 0.717) is 22.1 Å². The minimum absolute atomic E-state index is 0.371. The van der Waals surface area contributed by atoms with Gasteiger partial charge in [0.15, 0.2) is 11.4 Å². The summed E-state index contributed by atoms with van der Waals surface area (Å²) < 4.78 is 11.7. The third-order valence-corrected chi connectivity index (χ3v) is 4.56. The van der Waals surface area contributed by atoms with Crippen LogP contribution in [0.2, 0.25) is 0 Å². The molecule has 4 heterocycles. The van der Waals surface area contributed by atoms with Crippen molar-refractivity contribution in [2.75, 3.05) is 7.11 Å². The quantitative estimate of drug-likeness (QED) is 0.529. The molecule has 0 aliphatic carbocycles. The molecule has 0 aromatic carbocycles. The fourth-order valence-corrected chi connectivity index (χ4v) is 3.39. The Bertz CT molecular complexity index is 1000. The highest BCUT2D eigenvalue weighted by molar-refractivity contribution is 7.20. The Balaban J connectivity index is 2.02. The zero-order valence-electron chi connectivity index (χ0n) is 11.7. The van der Waals surface area contributed by atoms with Gasteiger partial charge in [-0.1, -0.05) is 0 Å². The number of hydrogen-bond acceptors (Lipinski definition) is 7. The molecule has 7 nitrogen and oxygen atoms in total. The second kappa shape index (κ2) is 4.63. The molecule has 0 saturated carbocycles. The number of rotatable bonds is 2. The Morgan fingerprint density at radius 3 is 3.05 bits per heavy atom. The Morgan fingerprint density at radius 1 is 1.45 bits per heavy atom. The van der Waals surface area contributed by atoms with E-state index in [2.05, 4.69) is 15.1 Å². The number of methoxy groups -OCH3 is 1. The number of fused-ring (bicyclic) bond motifs is 3. The molecular weight excluding hydrogens is 304 g/mol. The van der Waals surface area contributed by atoms with E-state index in [-0.39, 0.29) is 5.97 Å². The Morgan fingerprint density at radius 2 is 2.32 bits per heavy atom. The average Bonchev–Trinajstić information content (AvgIpc) is 3.23. The molecule has 4 aromatic heterocycles. The molecule has 0 fully saturated rings.